The highest BCUT2D eigenvalue weighted by Crippen LogP contribution is 2.31. The molecule has 6 heterocycles. The van der Waals surface area contributed by atoms with Crippen molar-refractivity contribution in [3.05, 3.63) is 112 Å². The maximum atomic E-state index is 13.8. The Balaban J connectivity index is 0.000000208. The van der Waals surface area contributed by atoms with Crippen LogP contribution in [0, 0.1) is 24.4 Å². The summed E-state index contributed by atoms with van der Waals surface area (Å²) in [5, 5.41) is 0.393. The van der Waals surface area contributed by atoms with Crippen LogP contribution in [0.25, 0.3) is 33.8 Å². The SMILES string of the molecule is CC(=O)N1CCn2c(cnc2-c2ccc(F)cc2F)C1.Cc1cc(F)ccc1-c1ncc2n1CCN(C(=O)c1cc3c(C(=O)C(=O)N(C)C)cn(C)c3nc1Cl)C2. The van der Waals surface area contributed by atoms with Gasteiger partial charge < -0.3 is 28.4 Å². The summed E-state index contributed by atoms with van der Waals surface area (Å²) in [5.41, 5.74) is 4.26. The number of amides is 3. The molecule has 0 N–H and O–H groups in total. The molecule has 2 aliphatic heterocycles. The van der Waals surface area contributed by atoms with Crippen molar-refractivity contribution in [3.63, 3.8) is 0 Å². The Morgan fingerprint density at radius 3 is 1.95 bits per heavy atom. The first-order valence-electron chi connectivity index (χ1n) is 17.9. The largest absolute Gasteiger partial charge is 0.342 e. The monoisotopic (exact) mass is 799 g/mol. The first kappa shape index (κ1) is 39.0. The van der Waals surface area contributed by atoms with Crippen LogP contribution in [0.5, 0.6) is 0 Å². The molecule has 0 radical (unpaired) electrons. The number of fused-ring (bicyclic) bond motifs is 3. The predicted molar refractivity (Wildman–Crippen MR) is 205 cm³/mol. The fourth-order valence-electron chi connectivity index (χ4n) is 7.08. The maximum Gasteiger partial charge on any atom is 0.294 e. The lowest BCUT2D eigenvalue weighted by Gasteiger charge is -2.29. The number of ketones is 1. The molecule has 8 rings (SSSR count). The molecule has 0 fully saturated rings. The second-order valence-electron chi connectivity index (χ2n) is 14.1. The van der Waals surface area contributed by atoms with Gasteiger partial charge in [-0.3, -0.25) is 19.2 Å². The van der Waals surface area contributed by atoms with Gasteiger partial charge in [0, 0.05) is 77.5 Å². The van der Waals surface area contributed by atoms with Crippen LogP contribution in [0.2, 0.25) is 5.15 Å². The van der Waals surface area contributed by atoms with E-state index in [1.165, 1.54) is 62.4 Å². The van der Waals surface area contributed by atoms with Crippen LogP contribution in [-0.2, 0) is 42.8 Å². The van der Waals surface area contributed by atoms with E-state index in [0.717, 1.165) is 34.4 Å². The second kappa shape index (κ2) is 15.3. The van der Waals surface area contributed by atoms with Gasteiger partial charge in [-0.25, -0.2) is 28.1 Å². The van der Waals surface area contributed by atoms with Crippen LogP contribution in [0.15, 0.2) is 61.1 Å². The van der Waals surface area contributed by atoms with Crippen LogP contribution in [0.3, 0.4) is 0 Å². The molecule has 0 spiro atoms. The summed E-state index contributed by atoms with van der Waals surface area (Å²) in [5.74, 6) is -2.05. The third-order valence-corrected chi connectivity index (χ3v) is 10.4. The number of rotatable bonds is 5. The summed E-state index contributed by atoms with van der Waals surface area (Å²) in [6.07, 6.45) is 4.86. The summed E-state index contributed by atoms with van der Waals surface area (Å²) in [7, 11) is 4.69. The molecule has 0 atom stereocenters. The summed E-state index contributed by atoms with van der Waals surface area (Å²) < 4.78 is 45.9. The van der Waals surface area contributed by atoms with Crippen molar-refractivity contribution >= 4 is 46.1 Å². The van der Waals surface area contributed by atoms with E-state index in [1.54, 1.807) is 39.9 Å². The zero-order chi connectivity index (χ0) is 40.9. The van der Waals surface area contributed by atoms with Gasteiger partial charge in [0.2, 0.25) is 5.91 Å². The molecule has 0 aliphatic carbocycles. The maximum absolute atomic E-state index is 13.8. The average Bonchev–Trinajstić information content (AvgIpc) is 3.88. The first-order valence-corrected chi connectivity index (χ1v) is 18.3. The molecule has 0 bridgehead atoms. The number of nitrogens with zero attached hydrogens (tertiary/aromatic N) is 9. The van der Waals surface area contributed by atoms with Crippen molar-refractivity contribution in [2.75, 3.05) is 27.2 Å². The van der Waals surface area contributed by atoms with Gasteiger partial charge in [0.05, 0.1) is 53.6 Å². The fourth-order valence-corrected chi connectivity index (χ4v) is 7.29. The zero-order valence-corrected chi connectivity index (χ0v) is 32.4. The molecule has 294 valence electrons. The van der Waals surface area contributed by atoms with E-state index in [2.05, 4.69) is 15.0 Å². The average molecular weight is 800 g/mol. The Labute approximate surface area is 329 Å². The van der Waals surface area contributed by atoms with E-state index in [-0.39, 0.29) is 39.5 Å². The number of aryl methyl sites for hydroxylation is 2. The fraction of sp³-hybridized carbons (Fsp3) is 0.275. The number of likely N-dealkylation sites (N-methyl/N-ethyl adjacent to an activating group) is 1. The molecule has 3 amide bonds. The molecule has 17 heteroatoms. The molecule has 2 aliphatic rings. The summed E-state index contributed by atoms with van der Waals surface area (Å²) in [4.78, 5) is 67.7. The smallest absolute Gasteiger partial charge is 0.294 e. The van der Waals surface area contributed by atoms with Gasteiger partial charge in [0.15, 0.2) is 0 Å². The van der Waals surface area contributed by atoms with Crippen molar-refractivity contribution in [2.45, 2.75) is 40.0 Å². The molecule has 0 saturated heterocycles. The molecule has 57 heavy (non-hydrogen) atoms. The van der Waals surface area contributed by atoms with Crippen molar-refractivity contribution in [3.8, 4) is 22.8 Å². The quantitative estimate of drug-likeness (QED) is 0.125. The van der Waals surface area contributed by atoms with Crippen molar-refractivity contribution < 1.29 is 32.3 Å². The van der Waals surface area contributed by atoms with Gasteiger partial charge in [-0.15, -0.1) is 0 Å². The summed E-state index contributed by atoms with van der Waals surface area (Å²) in [6.45, 7) is 6.11. The van der Waals surface area contributed by atoms with Crippen LogP contribution in [0.1, 0.15) is 44.6 Å². The van der Waals surface area contributed by atoms with Crippen molar-refractivity contribution in [1.82, 2.24) is 43.4 Å². The number of benzene rings is 2. The molecule has 4 aromatic heterocycles. The topological polar surface area (TPSA) is 131 Å². The predicted octanol–water partition coefficient (Wildman–Crippen LogP) is 5.66. The summed E-state index contributed by atoms with van der Waals surface area (Å²) >= 11 is 6.43. The lowest BCUT2D eigenvalue weighted by molar-refractivity contribution is -0.130. The number of hydrogen-bond acceptors (Lipinski definition) is 7. The number of pyridine rings is 1. The van der Waals surface area contributed by atoms with E-state index in [1.807, 2.05) is 16.1 Å². The van der Waals surface area contributed by atoms with E-state index in [4.69, 9.17) is 11.6 Å². The van der Waals surface area contributed by atoms with Crippen molar-refractivity contribution in [2.24, 2.45) is 7.05 Å². The number of carbonyl (C=O) groups is 4. The van der Waals surface area contributed by atoms with Gasteiger partial charge in [0.1, 0.15) is 39.9 Å². The van der Waals surface area contributed by atoms with Crippen LogP contribution >= 0.6 is 11.6 Å². The van der Waals surface area contributed by atoms with E-state index in [9.17, 15) is 32.3 Å². The molecule has 0 unspecified atom stereocenters. The van der Waals surface area contributed by atoms with E-state index in [0.29, 0.717) is 56.1 Å². The first-order chi connectivity index (χ1) is 27.1. The van der Waals surface area contributed by atoms with Gasteiger partial charge in [-0.1, -0.05) is 11.6 Å². The highest BCUT2D eigenvalue weighted by atomic mass is 35.5. The minimum absolute atomic E-state index is 0.00645. The Bertz CT molecular complexity index is 2610. The number of aromatic nitrogens is 6. The standard InChI is InChI=1S/C26H24ClFN6O3.C14H13F2N3O/c1-14-9-15(28)5-6-17(14)23-29-11-16-12-33(7-8-34(16)23)25(36)19-10-18-20(21(35)26(37)31(2)3)13-32(4)24(18)30-22(19)27;1-9(20)18-4-5-19-11(8-18)7-17-14(19)12-3-2-10(15)6-13(12)16/h5-6,9-11,13H,7-8,12H2,1-4H3;2-3,6-7H,4-5,8H2,1H3. The zero-order valence-electron chi connectivity index (χ0n) is 31.7. The van der Waals surface area contributed by atoms with Gasteiger partial charge in [-0.05, 0) is 48.9 Å². The number of halogens is 4. The normalized spacial score (nSPS) is 13.5. The lowest BCUT2D eigenvalue weighted by atomic mass is 10.1. The molecular weight excluding hydrogens is 763 g/mol. The molecule has 0 saturated carbocycles. The van der Waals surface area contributed by atoms with Crippen LogP contribution in [0.4, 0.5) is 13.2 Å². The lowest BCUT2D eigenvalue weighted by Crippen LogP contribution is -2.38. The van der Waals surface area contributed by atoms with E-state index < -0.39 is 23.3 Å². The number of imidazole rings is 2. The van der Waals surface area contributed by atoms with Gasteiger partial charge in [-0.2, -0.15) is 0 Å². The third kappa shape index (κ3) is 7.39. The Kier molecular flexibility index (Phi) is 10.5. The summed E-state index contributed by atoms with van der Waals surface area (Å²) in [6, 6.07) is 9.56. The molecule has 2 aromatic carbocycles. The third-order valence-electron chi connectivity index (χ3n) is 10.1. The van der Waals surface area contributed by atoms with Gasteiger partial charge >= 0.3 is 0 Å². The molecular formula is C40H37ClF3N9O4. The minimum Gasteiger partial charge on any atom is -0.342 e. The van der Waals surface area contributed by atoms with E-state index >= 15 is 0 Å². The number of Topliss-reactive ketones (excluding diaryl/α,β-unsaturated/α-hetero) is 1. The Hall–Kier alpha value is -6.29. The number of carbonyl (C=O) groups excluding carboxylic acids is 4. The van der Waals surface area contributed by atoms with Crippen molar-refractivity contribution in [1.29, 1.82) is 0 Å². The number of hydrogen-bond donors (Lipinski definition) is 0. The Morgan fingerprint density at radius 1 is 0.772 bits per heavy atom. The highest BCUT2D eigenvalue weighted by Gasteiger charge is 2.30. The molecule has 13 nitrogen and oxygen atoms in total. The highest BCUT2D eigenvalue weighted by molar-refractivity contribution is 6.45. The van der Waals surface area contributed by atoms with Crippen LogP contribution < -0.4 is 0 Å². The van der Waals surface area contributed by atoms with Gasteiger partial charge in [0.25, 0.3) is 17.6 Å². The minimum atomic E-state index is -0.691. The molecule has 6 aromatic rings. The Morgan fingerprint density at radius 2 is 1.35 bits per heavy atom. The van der Waals surface area contributed by atoms with Crippen LogP contribution in [-0.4, -0.2) is 94.0 Å². The second-order valence-corrected chi connectivity index (χ2v) is 14.4.